The number of hydrogen-bond acceptors (Lipinski definition) is 3. The Balaban J connectivity index is 1.99. The van der Waals surface area contributed by atoms with E-state index in [1.165, 1.54) is 0 Å². The molecule has 0 saturated carbocycles. The molecular formula is C18H14O3. The summed E-state index contributed by atoms with van der Waals surface area (Å²) in [4.78, 5) is 12.2. The van der Waals surface area contributed by atoms with Crippen molar-refractivity contribution in [1.29, 1.82) is 0 Å². The van der Waals surface area contributed by atoms with E-state index in [2.05, 4.69) is 0 Å². The van der Waals surface area contributed by atoms with Crippen LogP contribution in [0.3, 0.4) is 0 Å². The third-order valence-electron chi connectivity index (χ3n) is 3.28. The van der Waals surface area contributed by atoms with Gasteiger partial charge in [0.15, 0.2) is 0 Å². The van der Waals surface area contributed by atoms with Crippen molar-refractivity contribution in [1.82, 2.24) is 0 Å². The zero-order chi connectivity index (χ0) is 14.8. The van der Waals surface area contributed by atoms with Crippen molar-refractivity contribution in [2.75, 3.05) is 0 Å². The molecule has 0 radical (unpaired) electrons. The number of aromatic hydroxyl groups is 1. The molecule has 3 heteroatoms. The van der Waals surface area contributed by atoms with Gasteiger partial charge in [-0.25, -0.2) is 4.79 Å². The van der Waals surface area contributed by atoms with Crippen molar-refractivity contribution in [2.45, 2.75) is 6.92 Å². The normalized spacial score (nSPS) is 10.5. The first kappa shape index (κ1) is 13.2. The fraction of sp³-hybridized carbons (Fsp3) is 0.0556. The second-order valence-electron chi connectivity index (χ2n) is 4.92. The van der Waals surface area contributed by atoms with Crippen molar-refractivity contribution in [3.63, 3.8) is 0 Å². The largest absolute Gasteiger partial charge is 0.507 e. The fourth-order valence-corrected chi connectivity index (χ4v) is 2.22. The van der Waals surface area contributed by atoms with E-state index in [0.717, 1.165) is 16.3 Å². The van der Waals surface area contributed by atoms with E-state index in [1.807, 2.05) is 31.2 Å². The quantitative estimate of drug-likeness (QED) is 0.567. The molecule has 3 rings (SSSR count). The van der Waals surface area contributed by atoms with E-state index in [0.29, 0.717) is 5.75 Å². The minimum Gasteiger partial charge on any atom is -0.507 e. The average Bonchev–Trinajstić information content (AvgIpc) is 2.48. The number of benzene rings is 3. The number of ether oxygens (including phenoxy) is 1. The SMILES string of the molecule is Cc1ccc2cc(O)c(C(=O)Oc3ccccc3)cc2c1. The number of carbonyl (C=O) groups is 1. The summed E-state index contributed by atoms with van der Waals surface area (Å²) in [6.07, 6.45) is 0. The maximum atomic E-state index is 12.2. The fourth-order valence-electron chi connectivity index (χ4n) is 2.22. The van der Waals surface area contributed by atoms with Crippen LogP contribution in [-0.4, -0.2) is 11.1 Å². The lowest BCUT2D eigenvalue weighted by molar-refractivity contribution is 0.0732. The lowest BCUT2D eigenvalue weighted by Gasteiger charge is -2.08. The first-order valence-corrected chi connectivity index (χ1v) is 6.64. The second-order valence-corrected chi connectivity index (χ2v) is 4.92. The summed E-state index contributed by atoms with van der Waals surface area (Å²) in [7, 11) is 0. The molecule has 0 saturated heterocycles. The van der Waals surface area contributed by atoms with Crippen molar-refractivity contribution < 1.29 is 14.6 Å². The topological polar surface area (TPSA) is 46.5 Å². The number of carbonyl (C=O) groups excluding carboxylic acids is 1. The van der Waals surface area contributed by atoms with Crippen LogP contribution >= 0.6 is 0 Å². The minimum atomic E-state index is -0.567. The highest BCUT2D eigenvalue weighted by Crippen LogP contribution is 2.27. The molecular weight excluding hydrogens is 264 g/mol. The van der Waals surface area contributed by atoms with Crippen LogP contribution in [0.15, 0.2) is 60.7 Å². The number of aryl methyl sites for hydroxylation is 1. The van der Waals surface area contributed by atoms with Crippen LogP contribution < -0.4 is 4.74 Å². The molecule has 0 aromatic heterocycles. The third kappa shape index (κ3) is 2.72. The summed E-state index contributed by atoms with van der Waals surface area (Å²) in [6, 6.07) is 17.9. The van der Waals surface area contributed by atoms with E-state index in [9.17, 15) is 9.90 Å². The van der Waals surface area contributed by atoms with Crippen molar-refractivity contribution in [3.05, 3.63) is 71.8 Å². The predicted octanol–water partition coefficient (Wildman–Crippen LogP) is 4.07. The first-order valence-electron chi connectivity index (χ1n) is 6.64. The van der Waals surface area contributed by atoms with Gasteiger partial charge in [0.2, 0.25) is 0 Å². The number of rotatable bonds is 2. The average molecular weight is 278 g/mol. The van der Waals surface area contributed by atoms with Gasteiger partial charge in [0.1, 0.15) is 17.1 Å². The Morgan fingerprint density at radius 2 is 1.71 bits per heavy atom. The van der Waals surface area contributed by atoms with E-state index in [4.69, 9.17) is 4.74 Å². The van der Waals surface area contributed by atoms with Crippen molar-refractivity contribution >= 4 is 16.7 Å². The molecule has 3 aromatic rings. The van der Waals surface area contributed by atoms with Crippen LogP contribution in [0, 0.1) is 6.92 Å². The van der Waals surface area contributed by atoms with Gasteiger partial charge < -0.3 is 9.84 Å². The summed E-state index contributed by atoms with van der Waals surface area (Å²) < 4.78 is 5.26. The van der Waals surface area contributed by atoms with Crippen molar-refractivity contribution in [2.24, 2.45) is 0 Å². The Bertz CT molecular complexity index is 807. The summed E-state index contributed by atoms with van der Waals surface area (Å²) in [5.74, 6) is -0.194. The van der Waals surface area contributed by atoms with Gasteiger partial charge in [0.05, 0.1) is 0 Å². The molecule has 21 heavy (non-hydrogen) atoms. The van der Waals surface area contributed by atoms with E-state index in [-0.39, 0.29) is 11.3 Å². The summed E-state index contributed by atoms with van der Waals surface area (Å²) in [5.41, 5.74) is 1.26. The molecule has 0 bridgehead atoms. The van der Waals surface area contributed by atoms with Gasteiger partial charge >= 0.3 is 5.97 Å². The van der Waals surface area contributed by atoms with Gasteiger partial charge in [-0.15, -0.1) is 0 Å². The number of hydrogen-bond donors (Lipinski definition) is 1. The van der Waals surface area contributed by atoms with Crippen LogP contribution in [0.4, 0.5) is 0 Å². The van der Waals surface area contributed by atoms with Crippen LogP contribution in [0.5, 0.6) is 11.5 Å². The summed E-state index contributed by atoms with van der Waals surface area (Å²) >= 11 is 0. The molecule has 0 fully saturated rings. The van der Waals surface area contributed by atoms with Crippen LogP contribution in [0.25, 0.3) is 10.8 Å². The van der Waals surface area contributed by atoms with Crippen molar-refractivity contribution in [3.8, 4) is 11.5 Å². The maximum absolute atomic E-state index is 12.2. The lowest BCUT2D eigenvalue weighted by Crippen LogP contribution is -2.08. The molecule has 104 valence electrons. The van der Waals surface area contributed by atoms with Gasteiger partial charge in [0.25, 0.3) is 0 Å². The molecule has 0 aliphatic heterocycles. The Labute approximate surface area is 122 Å². The molecule has 0 spiro atoms. The Hall–Kier alpha value is -2.81. The van der Waals surface area contributed by atoms with Crippen LogP contribution in [-0.2, 0) is 0 Å². The summed E-state index contributed by atoms with van der Waals surface area (Å²) in [5, 5.41) is 11.8. The Morgan fingerprint density at radius 1 is 0.952 bits per heavy atom. The summed E-state index contributed by atoms with van der Waals surface area (Å²) in [6.45, 7) is 1.98. The van der Waals surface area contributed by atoms with E-state index in [1.54, 1.807) is 36.4 Å². The molecule has 3 nitrogen and oxygen atoms in total. The minimum absolute atomic E-state index is 0.0766. The number of fused-ring (bicyclic) bond motifs is 1. The predicted molar refractivity (Wildman–Crippen MR) is 81.8 cm³/mol. The molecule has 0 amide bonds. The Morgan fingerprint density at radius 3 is 2.48 bits per heavy atom. The highest BCUT2D eigenvalue weighted by atomic mass is 16.5. The molecule has 0 unspecified atom stereocenters. The number of phenols is 1. The van der Waals surface area contributed by atoms with Gasteiger partial charge in [-0.3, -0.25) is 0 Å². The zero-order valence-electron chi connectivity index (χ0n) is 11.5. The van der Waals surface area contributed by atoms with Gasteiger partial charge in [-0.05, 0) is 42.0 Å². The third-order valence-corrected chi connectivity index (χ3v) is 3.28. The molecule has 0 atom stereocenters. The Kier molecular flexibility index (Phi) is 3.32. The van der Waals surface area contributed by atoms with Gasteiger partial charge in [-0.2, -0.15) is 0 Å². The zero-order valence-corrected chi connectivity index (χ0v) is 11.5. The van der Waals surface area contributed by atoms with Crippen LogP contribution in [0.1, 0.15) is 15.9 Å². The van der Waals surface area contributed by atoms with Gasteiger partial charge in [-0.1, -0.05) is 42.0 Å². The molecule has 1 N–H and O–H groups in total. The molecule has 0 heterocycles. The maximum Gasteiger partial charge on any atom is 0.347 e. The highest BCUT2D eigenvalue weighted by molar-refractivity contribution is 5.99. The molecule has 3 aromatic carbocycles. The molecule has 0 aliphatic carbocycles. The van der Waals surface area contributed by atoms with E-state index < -0.39 is 5.97 Å². The van der Waals surface area contributed by atoms with Gasteiger partial charge in [0, 0.05) is 0 Å². The number of esters is 1. The lowest BCUT2D eigenvalue weighted by atomic mass is 10.0. The van der Waals surface area contributed by atoms with E-state index >= 15 is 0 Å². The monoisotopic (exact) mass is 278 g/mol. The number of para-hydroxylation sites is 1. The second kappa shape index (κ2) is 5.29. The first-order chi connectivity index (χ1) is 10.1. The smallest absolute Gasteiger partial charge is 0.347 e. The standard InChI is InChI=1S/C18H14O3/c1-12-7-8-13-11-17(19)16(10-14(13)9-12)18(20)21-15-5-3-2-4-6-15/h2-11,19H,1H3. The number of phenolic OH excluding ortho intramolecular Hbond substituents is 1. The molecule has 0 aliphatic rings. The highest BCUT2D eigenvalue weighted by Gasteiger charge is 2.14. The van der Waals surface area contributed by atoms with Crippen LogP contribution in [0.2, 0.25) is 0 Å².